The van der Waals surface area contributed by atoms with Gasteiger partial charge in [-0.25, -0.2) is 4.39 Å². The summed E-state index contributed by atoms with van der Waals surface area (Å²) in [7, 11) is 0. The first-order chi connectivity index (χ1) is 16.3. The highest BCUT2D eigenvalue weighted by Gasteiger charge is 2.23. The third kappa shape index (κ3) is 5.60. The van der Waals surface area contributed by atoms with E-state index in [0.717, 1.165) is 16.8 Å². The van der Waals surface area contributed by atoms with E-state index in [2.05, 4.69) is 15.5 Å². The van der Waals surface area contributed by atoms with Crippen molar-refractivity contribution >= 4 is 40.9 Å². The molecule has 1 atom stereocenters. The lowest BCUT2D eigenvalue weighted by Crippen LogP contribution is -2.28. The molecule has 3 aromatic carbocycles. The molecule has 1 N–H and O–H groups in total. The monoisotopic (exact) mass is 514 g/mol. The van der Waals surface area contributed by atoms with Crippen molar-refractivity contribution in [1.29, 1.82) is 0 Å². The zero-order valence-corrected chi connectivity index (χ0v) is 20.8. The lowest BCUT2D eigenvalue weighted by molar-refractivity contribution is 0.0938. The van der Waals surface area contributed by atoms with Crippen LogP contribution < -0.4 is 5.32 Å². The van der Waals surface area contributed by atoms with E-state index < -0.39 is 6.04 Å². The quantitative estimate of drug-likeness (QED) is 0.275. The van der Waals surface area contributed by atoms with Crippen LogP contribution in [0.4, 0.5) is 4.39 Å². The van der Waals surface area contributed by atoms with Crippen LogP contribution >= 0.6 is 35.0 Å². The summed E-state index contributed by atoms with van der Waals surface area (Å²) < 4.78 is 15.2. The van der Waals surface area contributed by atoms with E-state index in [1.807, 2.05) is 36.6 Å². The van der Waals surface area contributed by atoms with Crippen molar-refractivity contribution in [3.05, 3.63) is 105 Å². The minimum absolute atomic E-state index is 0.270. The van der Waals surface area contributed by atoms with Gasteiger partial charge >= 0.3 is 0 Å². The molecule has 4 rings (SSSR count). The largest absolute Gasteiger partial charge is 0.342 e. The van der Waals surface area contributed by atoms with Gasteiger partial charge in [-0.05, 0) is 67.4 Å². The van der Waals surface area contributed by atoms with Gasteiger partial charge in [0.1, 0.15) is 5.82 Å². The maximum absolute atomic E-state index is 13.3. The molecule has 0 aliphatic carbocycles. The van der Waals surface area contributed by atoms with Crippen molar-refractivity contribution in [2.24, 2.45) is 0 Å². The van der Waals surface area contributed by atoms with Crippen LogP contribution in [0.1, 0.15) is 40.3 Å². The van der Waals surface area contributed by atoms with E-state index in [9.17, 15) is 9.18 Å². The molecule has 0 radical (unpaired) electrons. The fourth-order valence-electron chi connectivity index (χ4n) is 3.41. The van der Waals surface area contributed by atoms with Gasteiger partial charge in [0.05, 0.1) is 11.7 Å². The molecule has 174 valence electrons. The SMILES string of the molecule is Cc1ccc(Cl)cc1-n1c(SCc2ccc(F)cc2)nnc1C(C)NC(=O)c1cccc(Cl)c1. The summed E-state index contributed by atoms with van der Waals surface area (Å²) >= 11 is 13.8. The average Bonchev–Trinajstić information content (AvgIpc) is 3.24. The van der Waals surface area contributed by atoms with Crippen molar-refractivity contribution in [2.45, 2.75) is 30.8 Å². The van der Waals surface area contributed by atoms with Gasteiger partial charge in [-0.15, -0.1) is 10.2 Å². The van der Waals surface area contributed by atoms with Crippen LogP contribution in [0, 0.1) is 12.7 Å². The second-order valence-electron chi connectivity index (χ2n) is 7.73. The number of nitrogens with one attached hydrogen (secondary N) is 1. The van der Waals surface area contributed by atoms with Crippen LogP contribution in [0.25, 0.3) is 5.69 Å². The molecule has 1 aromatic heterocycles. The second-order valence-corrected chi connectivity index (χ2v) is 9.54. The zero-order valence-electron chi connectivity index (χ0n) is 18.4. The van der Waals surface area contributed by atoms with Crippen molar-refractivity contribution in [3.8, 4) is 5.69 Å². The normalized spacial score (nSPS) is 11.9. The molecule has 0 bridgehead atoms. The highest BCUT2D eigenvalue weighted by Crippen LogP contribution is 2.30. The third-order valence-corrected chi connectivity index (χ3v) is 6.64. The van der Waals surface area contributed by atoms with Gasteiger partial charge < -0.3 is 5.32 Å². The summed E-state index contributed by atoms with van der Waals surface area (Å²) in [5.74, 6) is 0.578. The fourth-order valence-corrected chi connectivity index (χ4v) is 4.67. The van der Waals surface area contributed by atoms with Crippen molar-refractivity contribution in [2.75, 3.05) is 0 Å². The molecule has 1 unspecified atom stereocenters. The van der Waals surface area contributed by atoms with E-state index >= 15 is 0 Å². The molecule has 0 aliphatic rings. The third-order valence-electron chi connectivity index (χ3n) is 5.17. The lowest BCUT2D eigenvalue weighted by atomic mass is 10.1. The average molecular weight is 515 g/mol. The van der Waals surface area contributed by atoms with E-state index in [1.54, 1.807) is 36.4 Å². The van der Waals surface area contributed by atoms with Crippen LogP contribution in [-0.4, -0.2) is 20.7 Å². The smallest absolute Gasteiger partial charge is 0.251 e. The van der Waals surface area contributed by atoms with Gasteiger partial charge in [-0.2, -0.15) is 0 Å². The number of carbonyl (C=O) groups excluding carboxylic acids is 1. The van der Waals surface area contributed by atoms with Crippen molar-refractivity contribution in [1.82, 2.24) is 20.1 Å². The van der Waals surface area contributed by atoms with E-state index in [1.165, 1.54) is 23.9 Å². The Balaban J connectivity index is 1.66. The van der Waals surface area contributed by atoms with Gasteiger partial charge in [-0.1, -0.05) is 59.2 Å². The zero-order chi connectivity index (χ0) is 24.2. The highest BCUT2D eigenvalue weighted by atomic mass is 35.5. The summed E-state index contributed by atoms with van der Waals surface area (Å²) in [6.07, 6.45) is 0. The number of aryl methyl sites for hydroxylation is 1. The second kappa shape index (κ2) is 10.6. The number of benzene rings is 3. The Kier molecular flexibility index (Phi) is 7.56. The minimum atomic E-state index is -0.461. The molecule has 4 aromatic rings. The number of hydrogen-bond acceptors (Lipinski definition) is 4. The van der Waals surface area contributed by atoms with Gasteiger partial charge in [0.15, 0.2) is 11.0 Å². The Morgan fingerprint density at radius 2 is 1.79 bits per heavy atom. The molecule has 1 amide bonds. The number of aromatic nitrogens is 3. The van der Waals surface area contributed by atoms with Crippen LogP contribution in [-0.2, 0) is 5.75 Å². The molecule has 1 heterocycles. The first-order valence-electron chi connectivity index (χ1n) is 10.5. The molecule has 0 aliphatic heterocycles. The van der Waals surface area contributed by atoms with Crippen LogP contribution in [0.2, 0.25) is 10.0 Å². The Morgan fingerprint density at radius 1 is 1.06 bits per heavy atom. The van der Waals surface area contributed by atoms with E-state index in [0.29, 0.717) is 32.3 Å². The highest BCUT2D eigenvalue weighted by molar-refractivity contribution is 7.98. The predicted octanol–water partition coefficient (Wildman–Crippen LogP) is 6.80. The molecule has 34 heavy (non-hydrogen) atoms. The van der Waals surface area contributed by atoms with Crippen molar-refractivity contribution in [3.63, 3.8) is 0 Å². The number of nitrogens with zero attached hydrogens (tertiary/aromatic N) is 3. The molecule has 0 fully saturated rings. The standard InChI is InChI=1S/C25H21Cl2FN4OS/c1-15-6-9-20(27)13-22(15)32-23(16(2)29-24(33)18-4-3-5-19(26)12-18)30-31-25(32)34-14-17-7-10-21(28)11-8-17/h3-13,16H,14H2,1-2H3,(H,29,33). The molecular formula is C25H21Cl2FN4OS. The first kappa shape index (κ1) is 24.3. The van der Waals surface area contributed by atoms with Crippen molar-refractivity contribution < 1.29 is 9.18 Å². The summed E-state index contributed by atoms with van der Waals surface area (Å²) in [4.78, 5) is 12.8. The molecule has 5 nitrogen and oxygen atoms in total. The Labute approximate surface area is 211 Å². The molecule has 0 spiro atoms. The number of amides is 1. The topological polar surface area (TPSA) is 59.8 Å². The summed E-state index contributed by atoms with van der Waals surface area (Å²) in [5, 5.41) is 13.5. The molecule has 0 saturated carbocycles. The Morgan fingerprint density at radius 3 is 2.53 bits per heavy atom. The fraction of sp³-hybridized carbons (Fsp3) is 0.160. The Bertz CT molecular complexity index is 1330. The number of thioether (sulfide) groups is 1. The van der Waals surface area contributed by atoms with E-state index in [4.69, 9.17) is 23.2 Å². The van der Waals surface area contributed by atoms with Gasteiger partial charge in [0.2, 0.25) is 0 Å². The van der Waals surface area contributed by atoms with Gasteiger partial charge in [0.25, 0.3) is 5.91 Å². The summed E-state index contributed by atoms with van der Waals surface area (Å²) in [6, 6.07) is 18.2. The van der Waals surface area contributed by atoms with Gasteiger partial charge in [-0.3, -0.25) is 9.36 Å². The number of carbonyl (C=O) groups is 1. The summed E-state index contributed by atoms with van der Waals surface area (Å²) in [6.45, 7) is 3.82. The van der Waals surface area contributed by atoms with E-state index in [-0.39, 0.29) is 11.7 Å². The lowest BCUT2D eigenvalue weighted by Gasteiger charge is -2.18. The van der Waals surface area contributed by atoms with Crippen LogP contribution in [0.5, 0.6) is 0 Å². The number of halogens is 3. The minimum Gasteiger partial charge on any atom is -0.342 e. The first-order valence-corrected chi connectivity index (χ1v) is 12.2. The number of rotatable bonds is 7. The molecule has 9 heteroatoms. The maximum Gasteiger partial charge on any atom is 0.251 e. The predicted molar refractivity (Wildman–Crippen MR) is 134 cm³/mol. The molecule has 0 saturated heterocycles. The maximum atomic E-state index is 13.3. The Hall–Kier alpha value is -2.87. The van der Waals surface area contributed by atoms with Gasteiger partial charge in [0, 0.05) is 21.4 Å². The van der Waals surface area contributed by atoms with Crippen LogP contribution in [0.15, 0.2) is 71.9 Å². The molecular weight excluding hydrogens is 494 g/mol. The summed E-state index contributed by atoms with van der Waals surface area (Å²) in [5.41, 5.74) is 3.20. The number of hydrogen-bond donors (Lipinski definition) is 1. The van der Waals surface area contributed by atoms with Crippen LogP contribution in [0.3, 0.4) is 0 Å².